The van der Waals surface area contributed by atoms with Crippen molar-refractivity contribution in [2.75, 3.05) is 44.7 Å². The Hall–Kier alpha value is -1.55. The monoisotopic (exact) mass is 288 g/mol. The number of nitrogens with one attached hydrogen (secondary N) is 1. The zero-order valence-electron chi connectivity index (χ0n) is 13.6. The Kier molecular flexibility index (Phi) is 6.05. The van der Waals surface area contributed by atoms with E-state index in [1.165, 1.54) is 24.2 Å². The van der Waals surface area contributed by atoms with Crippen molar-refractivity contribution in [2.45, 2.75) is 26.7 Å². The van der Waals surface area contributed by atoms with Crippen LogP contribution in [0.3, 0.4) is 0 Å². The predicted octanol–water partition coefficient (Wildman–Crippen LogP) is 2.36. The predicted molar refractivity (Wildman–Crippen MR) is 91.3 cm³/mol. The molecule has 116 valence electrons. The van der Waals surface area contributed by atoms with Gasteiger partial charge in [0.15, 0.2) is 5.96 Å². The van der Waals surface area contributed by atoms with Gasteiger partial charge in [-0.15, -0.1) is 0 Å². The van der Waals surface area contributed by atoms with Crippen LogP contribution in [-0.2, 0) is 6.42 Å². The van der Waals surface area contributed by atoms with Gasteiger partial charge in [0.2, 0.25) is 0 Å². The molecule has 0 fully saturated rings. The molecule has 0 aromatic heterocycles. The molecule has 0 aliphatic carbocycles. The van der Waals surface area contributed by atoms with Crippen LogP contribution in [0.25, 0.3) is 0 Å². The first kappa shape index (κ1) is 15.8. The first-order chi connectivity index (χ1) is 10.3. The largest absolute Gasteiger partial charge is 0.355 e. The molecule has 0 radical (unpaired) electrons. The molecule has 1 aliphatic rings. The number of anilines is 1. The van der Waals surface area contributed by atoms with E-state index in [2.05, 4.69) is 58.2 Å². The third-order valence-corrected chi connectivity index (χ3v) is 4.05. The van der Waals surface area contributed by atoms with Crippen LogP contribution in [-0.4, -0.2) is 50.6 Å². The van der Waals surface area contributed by atoms with Gasteiger partial charge in [-0.2, -0.15) is 0 Å². The molecule has 0 bridgehead atoms. The van der Waals surface area contributed by atoms with Crippen LogP contribution in [0.15, 0.2) is 29.3 Å². The SMILES string of the molecule is CCCN(CC)CCNC(=NC)N1CCc2ccccc21. The molecule has 0 unspecified atom stereocenters. The van der Waals surface area contributed by atoms with Crippen LogP contribution in [0.2, 0.25) is 0 Å². The summed E-state index contributed by atoms with van der Waals surface area (Å²) in [6, 6.07) is 8.61. The van der Waals surface area contributed by atoms with E-state index in [4.69, 9.17) is 0 Å². The lowest BCUT2D eigenvalue weighted by Gasteiger charge is -2.24. The first-order valence-electron chi connectivity index (χ1n) is 8.08. The van der Waals surface area contributed by atoms with E-state index in [0.717, 1.165) is 38.6 Å². The normalized spacial score (nSPS) is 14.7. The van der Waals surface area contributed by atoms with Crippen molar-refractivity contribution in [3.05, 3.63) is 29.8 Å². The Morgan fingerprint density at radius 1 is 1.29 bits per heavy atom. The van der Waals surface area contributed by atoms with E-state index >= 15 is 0 Å². The first-order valence-corrected chi connectivity index (χ1v) is 8.08. The standard InChI is InChI=1S/C17H28N4/c1-4-12-20(5-2)14-11-19-17(18-3)21-13-10-15-8-6-7-9-16(15)21/h6-9H,4-5,10-14H2,1-3H3,(H,18,19). The number of rotatable bonds is 6. The molecule has 0 saturated heterocycles. The van der Waals surface area contributed by atoms with Crippen molar-refractivity contribution in [3.63, 3.8) is 0 Å². The molecular formula is C17H28N4. The van der Waals surface area contributed by atoms with Gasteiger partial charge in [-0.1, -0.05) is 32.0 Å². The van der Waals surface area contributed by atoms with Crippen LogP contribution in [0, 0.1) is 0 Å². The maximum Gasteiger partial charge on any atom is 0.198 e. The number of fused-ring (bicyclic) bond motifs is 1. The highest BCUT2D eigenvalue weighted by Gasteiger charge is 2.22. The number of hydrogen-bond donors (Lipinski definition) is 1. The molecule has 0 amide bonds. The van der Waals surface area contributed by atoms with Gasteiger partial charge in [0.05, 0.1) is 0 Å². The fourth-order valence-electron chi connectivity index (χ4n) is 2.92. The fraction of sp³-hybridized carbons (Fsp3) is 0.588. The Bertz CT molecular complexity index is 470. The Morgan fingerprint density at radius 3 is 2.81 bits per heavy atom. The average Bonchev–Trinajstić information content (AvgIpc) is 2.94. The third-order valence-electron chi connectivity index (χ3n) is 4.05. The zero-order chi connectivity index (χ0) is 15.1. The highest BCUT2D eigenvalue weighted by Crippen LogP contribution is 2.27. The highest BCUT2D eigenvalue weighted by molar-refractivity contribution is 5.97. The second-order valence-corrected chi connectivity index (χ2v) is 5.44. The number of likely N-dealkylation sites (N-methyl/N-ethyl adjacent to an activating group) is 1. The van der Waals surface area contributed by atoms with Gasteiger partial charge >= 0.3 is 0 Å². The van der Waals surface area contributed by atoms with E-state index < -0.39 is 0 Å². The number of guanidine groups is 1. The Balaban J connectivity index is 1.90. The number of benzene rings is 1. The zero-order valence-corrected chi connectivity index (χ0v) is 13.6. The van der Waals surface area contributed by atoms with Crippen molar-refractivity contribution >= 4 is 11.6 Å². The minimum atomic E-state index is 0.944. The maximum absolute atomic E-state index is 4.45. The number of nitrogens with zero attached hydrogens (tertiary/aromatic N) is 3. The Labute approximate surface area is 128 Å². The van der Waals surface area contributed by atoms with Gasteiger partial charge in [-0.05, 0) is 37.6 Å². The third kappa shape index (κ3) is 3.97. The van der Waals surface area contributed by atoms with Gasteiger partial charge in [-0.25, -0.2) is 0 Å². The number of hydrogen-bond acceptors (Lipinski definition) is 2. The molecule has 0 atom stereocenters. The van der Waals surface area contributed by atoms with Crippen LogP contribution in [0.1, 0.15) is 25.8 Å². The summed E-state index contributed by atoms with van der Waals surface area (Å²) in [5, 5.41) is 3.51. The summed E-state index contributed by atoms with van der Waals surface area (Å²) in [4.78, 5) is 9.22. The van der Waals surface area contributed by atoms with Crippen molar-refractivity contribution in [1.82, 2.24) is 10.2 Å². The lowest BCUT2D eigenvalue weighted by Crippen LogP contribution is -2.43. The average molecular weight is 288 g/mol. The second kappa shape index (κ2) is 8.03. The van der Waals surface area contributed by atoms with Crippen LogP contribution >= 0.6 is 0 Å². The molecule has 1 aliphatic heterocycles. The summed E-state index contributed by atoms with van der Waals surface area (Å²) in [6.07, 6.45) is 2.32. The topological polar surface area (TPSA) is 30.9 Å². The smallest absolute Gasteiger partial charge is 0.198 e. The fourth-order valence-corrected chi connectivity index (χ4v) is 2.92. The van der Waals surface area contributed by atoms with Crippen molar-refractivity contribution in [1.29, 1.82) is 0 Å². The van der Waals surface area contributed by atoms with E-state index in [-0.39, 0.29) is 0 Å². The molecule has 1 aromatic carbocycles. The maximum atomic E-state index is 4.45. The lowest BCUT2D eigenvalue weighted by atomic mass is 10.2. The minimum Gasteiger partial charge on any atom is -0.355 e. The molecule has 1 heterocycles. The number of para-hydroxylation sites is 1. The van der Waals surface area contributed by atoms with Crippen LogP contribution < -0.4 is 10.2 Å². The molecule has 1 N–H and O–H groups in total. The van der Waals surface area contributed by atoms with Crippen molar-refractivity contribution < 1.29 is 0 Å². The summed E-state index contributed by atoms with van der Waals surface area (Å²) in [7, 11) is 1.87. The van der Waals surface area contributed by atoms with E-state index in [0.29, 0.717) is 0 Å². The van der Waals surface area contributed by atoms with E-state index in [1.54, 1.807) is 0 Å². The summed E-state index contributed by atoms with van der Waals surface area (Å²) in [5.74, 6) is 0.993. The minimum absolute atomic E-state index is 0.944. The molecule has 2 rings (SSSR count). The number of aliphatic imine (C=N–C) groups is 1. The molecule has 0 saturated carbocycles. The lowest BCUT2D eigenvalue weighted by molar-refractivity contribution is 0.293. The second-order valence-electron chi connectivity index (χ2n) is 5.44. The summed E-state index contributed by atoms with van der Waals surface area (Å²) in [6.45, 7) is 9.77. The van der Waals surface area contributed by atoms with Crippen molar-refractivity contribution in [3.8, 4) is 0 Å². The summed E-state index contributed by atoms with van der Waals surface area (Å²) in [5.41, 5.74) is 2.72. The highest BCUT2D eigenvalue weighted by atomic mass is 15.3. The van der Waals surface area contributed by atoms with Gasteiger partial charge in [-0.3, -0.25) is 4.99 Å². The molecular weight excluding hydrogens is 260 g/mol. The molecule has 21 heavy (non-hydrogen) atoms. The molecule has 1 aromatic rings. The summed E-state index contributed by atoms with van der Waals surface area (Å²) >= 11 is 0. The van der Waals surface area contributed by atoms with Crippen LogP contribution in [0.4, 0.5) is 5.69 Å². The van der Waals surface area contributed by atoms with Gasteiger partial charge in [0.1, 0.15) is 0 Å². The quantitative estimate of drug-likeness (QED) is 0.644. The molecule has 0 spiro atoms. The van der Waals surface area contributed by atoms with Gasteiger partial charge in [0.25, 0.3) is 0 Å². The molecule has 4 nitrogen and oxygen atoms in total. The summed E-state index contributed by atoms with van der Waals surface area (Å²) < 4.78 is 0. The Morgan fingerprint density at radius 2 is 2.10 bits per heavy atom. The van der Waals surface area contributed by atoms with Gasteiger partial charge < -0.3 is 15.1 Å². The van der Waals surface area contributed by atoms with E-state index in [9.17, 15) is 0 Å². The molecule has 4 heteroatoms. The van der Waals surface area contributed by atoms with Crippen LogP contribution in [0.5, 0.6) is 0 Å². The van der Waals surface area contributed by atoms with Crippen molar-refractivity contribution in [2.24, 2.45) is 4.99 Å². The van der Waals surface area contributed by atoms with E-state index in [1.807, 2.05) is 7.05 Å². The van der Waals surface area contributed by atoms with Gasteiger partial charge in [0, 0.05) is 32.4 Å².